The summed E-state index contributed by atoms with van der Waals surface area (Å²) in [6, 6.07) is 0.381. The number of rotatable bonds is 9. The van der Waals surface area contributed by atoms with Gasteiger partial charge in [0.25, 0.3) is 0 Å². The van der Waals surface area contributed by atoms with Crippen LogP contribution >= 0.6 is 0 Å². The minimum atomic E-state index is 0.138. The van der Waals surface area contributed by atoms with Crippen molar-refractivity contribution in [3.05, 3.63) is 0 Å². The van der Waals surface area contributed by atoms with Gasteiger partial charge < -0.3 is 14.5 Å². The van der Waals surface area contributed by atoms with Gasteiger partial charge in [0.1, 0.15) is 0 Å². The molecule has 1 aliphatic carbocycles. The lowest BCUT2D eigenvalue weighted by Crippen LogP contribution is -2.51. The molecule has 5 nitrogen and oxygen atoms in total. The molecule has 5 heteroatoms. The van der Waals surface area contributed by atoms with Crippen LogP contribution in [-0.2, 0) is 9.53 Å². The predicted molar refractivity (Wildman–Crippen MR) is 103 cm³/mol. The first-order chi connectivity index (χ1) is 11.9. The maximum absolute atomic E-state index is 12.2. The standard InChI is InChI=1S/C20H39N3O2/c1-6-17(4)20(24)21(5)18-13-19(14-18)25-12-11-22-7-9-23(10-8-22)15-16(2)3/h16-19H,6-15H2,1-5H3. The summed E-state index contributed by atoms with van der Waals surface area (Å²) in [7, 11) is 1.95. The molecule has 1 aliphatic heterocycles. The molecule has 25 heavy (non-hydrogen) atoms. The largest absolute Gasteiger partial charge is 0.377 e. The lowest BCUT2D eigenvalue weighted by Gasteiger charge is -2.42. The van der Waals surface area contributed by atoms with E-state index in [4.69, 9.17) is 4.74 Å². The van der Waals surface area contributed by atoms with Crippen molar-refractivity contribution in [2.24, 2.45) is 11.8 Å². The van der Waals surface area contributed by atoms with Gasteiger partial charge in [-0.05, 0) is 25.2 Å². The highest BCUT2D eigenvalue weighted by Gasteiger charge is 2.35. The van der Waals surface area contributed by atoms with Crippen LogP contribution in [0.3, 0.4) is 0 Å². The zero-order valence-corrected chi connectivity index (χ0v) is 17.0. The summed E-state index contributed by atoms with van der Waals surface area (Å²) in [5.74, 6) is 1.18. The normalized spacial score (nSPS) is 26.5. The average molecular weight is 354 g/mol. The smallest absolute Gasteiger partial charge is 0.225 e. The molecule has 146 valence electrons. The molecule has 1 unspecified atom stereocenters. The Morgan fingerprint density at radius 1 is 1.12 bits per heavy atom. The molecule has 1 saturated heterocycles. The van der Waals surface area contributed by atoms with E-state index in [1.165, 1.54) is 19.6 Å². The minimum Gasteiger partial charge on any atom is -0.377 e. The van der Waals surface area contributed by atoms with Crippen LogP contribution in [0.1, 0.15) is 47.0 Å². The Labute approximate surface area is 154 Å². The number of hydrogen-bond acceptors (Lipinski definition) is 4. The van der Waals surface area contributed by atoms with Gasteiger partial charge in [-0.25, -0.2) is 0 Å². The molecular weight excluding hydrogens is 314 g/mol. The first kappa shape index (κ1) is 20.7. The second-order valence-electron chi connectivity index (χ2n) is 8.41. The zero-order valence-electron chi connectivity index (χ0n) is 17.0. The van der Waals surface area contributed by atoms with Gasteiger partial charge in [-0.3, -0.25) is 9.69 Å². The highest BCUT2D eigenvalue weighted by Crippen LogP contribution is 2.28. The number of amides is 1. The zero-order chi connectivity index (χ0) is 18.4. The summed E-state index contributed by atoms with van der Waals surface area (Å²) in [6.07, 6.45) is 3.27. The molecule has 0 N–H and O–H groups in total. The van der Waals surface area contributed by atoms with Crippen molar-refractivity contribution in [2.75, 3.05) is 52.9 Å². The molecule has 1 amide bonds. The van der Waals surface area contributed by atoms with Crippen molar-refractivity contribution in [1.29, 1.82) is 0 Å². The Balaban J connectivity index is 1.54. The number of piperazine rings is 1. The average Bonchev–Trinajstić information content (AvgIpc) is 2.55. The summed E-state index contributed by atoms with van der Waals surface area (Å²) < 4.78 is 6.03. The Morgan fingerprint density at radius 3 is 2.28 bits per heavy atom. The van der Waals surface area contributed by atoms with Gasteiger partial charge >= 0.3 is 0 Å². The lowest BCUT2D eigenvalue weighted by molar-refractivity contribution is -0.141. The van der Waals surface area contributed by atoms with Crippen LogP contribution in [-0.4, -0.2) is 85.7 Å². The number of carbonyl (C=O) groups excluding carboxylic acids is 1. The molecule has 0 aromatic rings. The van der Waals surface area contributed by atoms with Crippen molar-refractivity contribution < 1.29 is 9.53 Å². The molecule has 1 saturated carbocycles. The molecule has 2 rings (SSSR count). The van der Waals surface area contributed by atoms with Crippen LogP contribution in [0.25, 0.3) is 0 Å². The van der Waals surface area contributed by atoms with Crippen molar-refractivity contribution in [2.45, 2.75) is 59.1 Å². The molecule has 2 aliphatic rings. The molecular formula is C20H39N3O2. The van der Waals surface area contributed by atoms with E-state index in [1.54, 1.807) is 0 Å². The van der Waals surface area contributed by atoms with E-state index < -0.39 is 0 Å². The Bertz CT molecular complexity index is 402. The summed E-state index contributed by atoms with van der Waals surface area (Å²) in [4.78, 5) is 19.2. The highest BCUT2D eigenvalue weighted by atomic mass is 16.5. The van der Waals surface area contributed by atoms with E-state index in [0.717, 1.165) is 51.4 Å². The maximum Gasteiger partial charge on any atom is 0.225 e. The maximum atomic E-state index is 12.2. The van der Waals surface area contributed by atoms with Gasteiger partial charge in [-0.2, -0.15) is 0 Å². The first-order valence-corrected chi connectivity index (χ1v) is 10.2. The topological polar surface area (TPSA) is 36.0 Å². The van der Waals surface area contributed by atoms with Crippen molar-refractivity contribution >= 4 is 5.91 Å². The van der Waals surface area contributed by atoms with E-state index >= 15 is 0 Å². The van der Waals surface area contributed by atoms with Gasteiger partial charge in [-0.1, -0.05) is 27.7 Å². The third-order valence-electron chi connectivity index (χ3n) is 5.85. The fraction of sp³-hybridized carbons (Fsp3) is 0.950. The monoisotopic (exact) mass is 353 g/mol. The second-order valence-corrected chi connectivity index (χ2v) is 8.41. The molecule has 0 spiro atoms. The van der Waals surface area contributed by atoms with Gasteiger partial charge in [-0.15, -0.1) is 0 Å². The molecule has 0 bridgehead atoms. The summed E-state index contributed by atoms with van der Waals surface area (Å²) in [5.41, 5.74) is 0. The SMILES string of the molecule is CCC(C)C(=O)N(C)C1CC(OCCN2CCN(CC(C)C)CC2)C1. The molecule has 0 aromatic heterocycles. The van der Waals surface area contributed by atoms with Crippen molar-refractivity contribution in [3.63, 3.8) is 0 Å². The highest BCUT2D eigenvalue weighted by molar-refractivity contribution is 5.78. The van der Waals surface area contributed by atoms with Crippen LogP contribution in [0.5, 0.6) is 0 Å². The second kappa shape index (κ2) is 9.89. The Hall–Kier alpha value is -0.650. The van der Waals surface area contributed by atoms with Crippen LogP contribution in [0.2, 0.25) is 0 Å². The fourth-order valence-electron chi connectivity index (χ4n) is 3.75. The number of carbonyl (C=O) groups is 1. The van der Waals surface area contributed by atoms with Gasteiger partial charge in [0, 0.05) is 58.3 Å². The fourth-order valence-corrected chi connectivity index (χ4v) is 3.75. The number of ether oxygens (including phenoxy) is 1. The molecule has 1 heterocycles. The van der Waals surface area contributed by atoms with Crippen LogP contribution in [0.4, 0.5) is 0 Å². The molecule has 0 aromatic carbocycles. The van der Waals surface area contributed by atoms with E-state index in [1.807, 2.05) is 18.9 Å². The van der Waals surface area contributed by atoms with Gasteiger partial charge in [0.05, 0.1) is 12.7 Å². The first-order valence-electron chi connectivity index (χ1n) is 10.2. The Kier molecular flexibility index (Phi) is 8.17. The van der Waals surface area contributed by atoms with Gasteiger partial charge in [0.2, 0.25) is 5.91 Å². The molecule has 2 fully saturated rings. The predicted octanol–water partition coefficient (Wildman–Crippen LogP) is 2.31. The summed E-state index contributed by atoms with van der Waals surface area (Å²) in [5, 5.41) is 0. The third kappa shape index (κ3) is 6.22. The molecule has 0 radical (unpaired) electrons. The lowest BCUT2D eigenvalue weighted by atomic mass is 9.87. The minimum absolute atomic E-state index is 0.138. The van der Waals surface area contributed by atoms with Crippen LogP contribution in [0.15, 0.2) is 0 Å². The summed E-state index contributed by atoms with van der Waals surface area (Å²) in [6.45, 7) is 16.5. The quantitative estimate of drug-likeness (QED) is 0.637. The summed E-state index contributed by atoms with van der Waals surface area (Å²) >= 11 is 0. The number of nitrogens with zero attached hydrogens (tertiary/aromatic N) is 3. The van der Waals surface area contributed by atoms with E-state index in [-0.39, 0.29) is 11.8 Å². The van der Waals surface area contributed by atoms with Crippen LogP contribution < -0.4 is 0 Å². The van der Waals surface area contributed by atoms with Crippen molar-refractivity contribution in [3.8, 4) is 0 Å². The number of hydrogen-bond donors (Lipinski definition) is 0. The molecule has 1 atom stereocenters. The van der Waals surface area contributed by atoms with E-state index in [0.29, 0.717) is 12.1 Å². The van der Waals surface area contributed by atoms with Crippen molar-refractivity contribution in [1.82, 2.24) is 14.7 Å². The van der Waals surface area contributed by atoms with E-state index in [2.05, 4.69) is 30.6 Å². The third-order valence-corrected chi connectivity index (χ3v) is 5.85. The van der Waals surface area contributed by atoms with Crippen LogP contribution in [0, 0.1) is 11.8 Å². The Morgan fingerprint density at radius 2 is 1.72 bits per heavy atom. The van der Waals surface area contributed by atoms with E-state index in [9.17, 15) is 4.79 Å². The van der Waals surface area contributed by atoms with Gasteiger partial charge in [0.15, 0.2) is 0 Å².